The molecule has 0 saturated heterocycles. The standard InChI is InChI=1S/C29H42O4/c1-6-29(32,7-2)16-9-17-33-21(4)25-13-14-26-22(10-8-15-28(25,26)5)11-12-23-18-24(30)19-27(31)20(23)3/h11-13,21,24,26-27,30-32H,3,6-8,10,14-15,17-19H2,1-2,4-5H3/t21-,24+,26-,27-,28+/m0/s1. The summed E-state index contributed by atoms with van der Waals surface area (Å²) in [5.41, 5.74) is 3.66. The number of aliphatic hydroxyl groups excluding tert-OH is 2. The number of allylic oxidation sites excluding steroid dienone is 4. The fourth-order valence-electron chi connectivity index (χ4n) is 5.83. The highest BCUT2D eigenvalue weighted by Gasteiger charge is 2.46. The van der Waals surface area contributed by atoms with Gasteiger partial charge in [0.1, 0.15) is 12.2 Å². The third kappa shape index (κ3) is 5.72. The van der Waals surface area contributed by atoms with Gasteiger partial charge in [-0.25, -0.2) is 0 Å². The van der Waals surface area contributed by atoms with E-state index in [0.717, 1.165) is 36.8 Å². The lowest BCUT2D eigenvalue weighted by Gasteiger charge is -2.42. The van der Waals surface area contributed by atoms with Gasteiger partial charge in [-0.15, -0.1) is 0 Å². The Morgan fingerprint density at radius 3 is 2.73 bits per heavy atom. The normalized spacial score (nSPS) is 33.5. The van der Waals surface area contributed by atoms with Crippen molar-refractivity contribution in [3.05, 3.63) is 47.1 Å². The van der Waals surface area contributed by atoms with Gasteiger partial charge in [0.05, 0.1) is 18.3 Å². The molecule has 0 aromatic rings. The molecular weight excluding hydrogens is 412 g/mol. The highest BCUT2D eigenvalue weighted by Crippen LogP contribution is 2.55. The van der Waals surface area contributed by atoms with E-state index in [1.165, 1.54) is 11.1 Å². The van der Waals surface area contributed by atoms with Crippen LogP contribution in [0.15, 0.2) is 47.1 Å². The van der Waals surface area contributed by atoms with Crippen molar-refractivity contribution in [3.8, 4) is 11.8 Å². The average Bonchev–Trinajstić information content (AvgIpc) is 3.15. The van der Waals surface area contributed by atoms with Crippen molar-refractivity contribution >= 4 is 0 Å². The Hall–Kier alpha value is -1.64. The molecule has 0 spiro atoms. The first-order valence-corrected chi connectivity index (χ1v) is 12.6. The zero-order valence-electron chi connectivity index (χ0n) is 20.9. The zero-order valence-corrected chi connectivity index (χ0v) is 20.9. The number of ether oxygens (including phenoxy) is 1. The average molecular weight is 455 g/mol. The van der Waals surface area contributed by atoms with E-state index in [-0.39, 0.29) is 11.5 Å². The van der Waals surface area contributed by atoms with Gasteiger partial charge >= 0.3 is 0 Å². The summed E-state index contributed by atoms with van der Waals surface area (Å²) in [6, 6.07) is 0. The van der Waals surface area contributed by atoms with E-state index in [0.29, 0.717) is 38.2 Å². The van der Waals surface area contributed by atoms with E-state index in [4.69, 9.17) is 4.74 Å². The highest BCUT2D eigenvalue weighted by molar-refractivity contribution is 5.40. The van der Waals surface area contributed by atoms with Gasteiger partial charge in [0.25, 0.3) is 0 Å². The topological polar surface area (TPSA) is 69.9 Å². The molecule has 182 valence electrons. The first-order valence-electron chi connectivity index (χ1n) is 12.6. The van der Waals surface area contributed by atoms with Crippen molar-refractivity contribution in [2.75, 3.05) is 6.61 Å². The molecule has 0 bridgehead atoms. The quantitative estimate of drug-likeness (QED) is 0.390. The predicted molar refractivity (Wildman–Crippen MR) is 133 cm³/mol. The fraction of sp³-hybridized carbons (Fsp3) is 0.655. The molecule has 0 aromatic heterocycles. The van der Waals surface area contributed by atoms with E-state index < -0.39 is 17.8 Å². The minimum absolute atomic E-state index is 0.00762. The van der Waals surface area contributed by atoms with Gasteiger partial charge < -0.3 is 20.1 Å². The van der Waals surface area contributed by atoms with Crippen LogP contribution in [0.1, 0.15) is 79.1 Å². The van der Waals surface area contributed by atoms with Crippen LogP contribution in [0.3, 0.4) is 0 Å². The van der Waals surface area contributed by atoms with Gasteiger partial charge in [-0.1, -0.05) is 63.0 Å². The molecule has 3 aliphatic carbocycles. The molecule has 0 amide bonds. The summed E-state index contributed by atoms with van der Waals surface area (Å²) in [5, 5.41) is 30.5. The number of hydrogen-bond acceptors (Lipinski definition) is 4. The Labute approximate surface area is 200 Å². The lowest BCUT2D eigenvalue weighted by atomic mass is 9.63. The van der Waals surface area contributed by atoms with Crippen molar-refractivity contribution in [1.29, 1.82) is 0 Å². The molecule has 0 heterocycles. The number of rotatable bonds is 6. The molecule has 3 aliphatic rings. The second kappa shape index (κ2) is 10.7. The first-order chi connectivity index (χ1) is 15.6. The maximum Gasteiger partial charge on any atom is 0.125 e. The Balaban J connectivity index is 1.69. The second-order valence-electron chi connectivity index (χ2n) is 10.3. The van der Waals surface area contributed by atoms with Crippen LogP contribution in [0.4, 0.5) is 0 Å². The van der Waals surface area contributed by atoms with Crippen LogP contribution in [-0.2, 0) is 4.74 Å². The molecule has 0 aliphatic heterocycles. The van der Waals surface area contributed by atoms with Crippen LogP contribution in [0.25, 0.3) is 0 Å². The molecule has 3 rings (SSSR count). The lowest BCUT2D eigenvalue weighted by Crippen LogP contribution is -2.34. The molecule has 0 radical (unpaired) electrons. The van der Waals surface area contributed by atoms with E-state index in [1.807, 2.05) is 13.8 Å². The maximum absolute atomic E-state index is 10.3. The van der Waals surface area contributed by atoms with E-state index in [1.54, 1.807) is 0 Å². The smallest absolute Gasteiger partial charge is 0.125 e. The molecule has 33 heavy (non-hydrogen) atoms. The first kappa shape index (κ1) is 26.0. The molecule has 0 aromatic carbocycles. The molecule has 2 fully saturated rings. The minimum atomic E-state index is -0.913. The molecule has 3 N–H and O–H groups in total. The third-order valence-corrected chi connectivity index (χ3v) is 8.21. The summed E-state index contributed by atoms with van der Waals surface area (Å²) in [4.78, 5) is 0. The summed E-state index contributed by atoms with van der Waals surface area (Å²) in [6.45, 7) is 12.7. The predicted octanol–water partition coefficient (Wildman–Crippen LogP) is 5.01. The largest absolute Gasteiger partial charge is 0.393 e. The van der Waals surface area contributed by atoms with Crippen LogP contribution in [0.5, 0.6) is 0 Å². The van der Waals surface area contributed by atoms with Gasteiger partial charge in [-0.3, -0.25) is 0 Å². The maximum atomic E-state index is 10.3. The van der Waals surface area contributed by atoms with Crippen molar-refractivity contribution in [2.45, 2.75) is 103 Å². The molecular formula is C29H42O4. The SMILES string of the molecule is C=C1C(=CC=C2CCC[C@]3(C)C([C@H](C)OCC#CC(O)(CC)CC)=CC[C@@H]23)C[C@@H](O)C[C@@H]1O. The van der Waals surface area contributed by atoms with E-state index in [9.17, 15) is 15.3 Å². The van der Waals surface area contributed by atoms with Crippen molar-refractivity contribution < 1.29 is 20.1 Å². The number of hydrogen-bond donors (Lipinski definition) is 3. The van der Waals surface area contributed by atoms with Crippen LogP contribution in [0.2, 0.25) is 0 Å². The van der Waals surface area contributed by atoms with E-state index >= 15 is 0 Å². The Morgan fingerprint density at radius 2 is 2.03 bits per heavy atom. The molecule has 5 atom stereocenters. The minimum Gasteiger partial charge on any atom is -0.393 e. The van der Waals surface area contributed by atoms with Gasteiger partial charge in [0.15, 0.2) is 0 Å². The second-order valence-corrected chi connectivity index (χ2v) is 10.3. The van der Waals surface area contributed by atoms with Crippen LogP contribution in [-0.4, -0.2) is 45.8 Å². The van der Waals surface area contributed by atoms with Crippen LogP contribution in [0, 0.1) is 23.2 Å². The monoisotopic (exact) mass is 454 g/mol. The van der Waals surface area contributed by atoms with Crippen molar-refractivity contribution in [2.24, 2.45) is 11.3 Å². The highest BCUT2D eigenvalue weighted by atomic mass is 16.5. The Morgan fingerprint density at radius 1 is 1.30 bits per heavy atom. The van der Waals surface area contributed by atoms with Crippen molar-refractivity contribution in [1.82, 2.24) is 0 Å². The summed E-state index contributed by atoms with van der Waals surface area (Å²) >= 11 is 0. The summed E-state index contributed by atoms with van der Waals surface area (Å²) in [6.07, 6.45) is 12.0. The lowest BCUT2D eigenvalue weighted by molar-refractivity contribution is 0.0841. The Kier molecular flexibility index (Phi) is 8.45. The van der Waals surface area contributed by atoms with Gasteiger partial charge in [-0.05, 0) is 79.9 Å². The fourth-order valence-corrected chi connectivity index (χ4v) is 5.83. The van der Waals surface area contributed by atoms with Crippen LogP contribution >= 0.6 is 0 Å². The molecule has 4 heteroatoms. The van der Waals surface area contributed by atoms with Gasteiger partial charge in [0, 0.05) is 6.42 Å². The zero-order chi connectivity index (χ0) is 24.2. The summed E-state index contributed by atoms with van der Waals surface area (Å²) in [5.74, 6) is 6.45. The van der Waals surface area contributed by atoms with Gasteiger partial charge in [0.2, 0.25) is 0 Å². The van der Waals surface area contributed by atoms with Gasteiger partial charge in [-0.2, -0.15) is 0 Å². The summed E-state index contributed by atoms with van der Waals surface area (Å²) in [7, 11) is 0. The molecule has 2 saturated carbocycles. The van der Waals surface area contributed by atoms with Crippen molar-refractivity contribution in [3.63, 3.8) is 0 Å². The van der Waals surface area contributed by atoms with Crippen LogP contribution < -0.4 is 0 Å². The third-order valence-electron chi connectivity index (χ3n) is 8.21. The van der Waals surface area contributed by atoms with E-state index in [2.05, 4.69) is 50.5 Å². The Bertz CT molecular complexity index is 879. The number of fused-ring (bicyclic) bond motifs is 1. The molecule has 0 unspecified atom stereocenters. The summed E-state index contributed by atoms with van der Waals surface area (Å²) < 4.78 is 6.10. The number of aliphatic hydroxyl groups is 3. The molecule has 4 nitrogen and oxygen atoms in total.